The number of hydrogen-bond donors (Lipinski definition) is 0. The van der Waals surface area contributed by atoms with E-state index in [0.717, 1.165) is 0 Å². The van der Waals surface area contributed by atoms with E-state index in [0.29, 0.717) is 5.41 Å². The summed E-state index contributed by atoms with van der Waals surface area (Å²) in [5.41, 5.74) is 0.333. The molecule has 0 heterocycles. The zero-order valence-corrected chi connectivity index (χ0v) is 10.8. The van der Waals surface area contributed by atoms with Gasteiger partial charge in [-0.05, 0) is 0 Å². The second-order valence-electron chi connectivity index (χ2n) is 3.62. The zero-order chi connectivity index (χ0) is 7.65. The molecule has 0 saturated carbocycles. The Morgan fingerprint density at radius 2 is 1.00 bits per heavy atom. The van der Waals surface area contributed by atoms with Gasteiger partial charge in [-0.25, -0.2) is 0 Å². The molecule has 0 aromatic carbocycles. The molecule has 60 valence electrons. The van der Waals surface area contributed by atoms with Crippen LogP contribution in [0, 0.1) is 17.3 Å². The average molecular weight is 310 g/mol. The van der Waals surface area contributed by atoms with E-state index in [2.05, 4.69) is 41.5 Å². The molecule has 1 heteroatoms. The van der Waals surface area contributed by atoms with Crippen molar-refractivity contribution in [2.75, 3.05) is 0 Å². The second kappa shape index (κ2) is 4.54. The SMILES string of the molecule is C[C-](C)C(C)(C)[C-](C)C.[W+2]. The van der Waals surface area contributed by atoms with Crippen LogP contribution in [0.5, 0.6) is 0 Å². The summed E-state index contributed by atoms with van der Waals surface area (Å²) in [6.07, 6.45) is 0. The van der Waals surface area contributed by atoms with E-state index in [1.54, 1.807) is 0 Å². The normalized spacial score (nSPS) is 12.0. The minimum absolute atomic E-state index is 0. The smallest absolute Gasteiger partial charge is 0.343 e. The molecule has 10 heavy (non-hydrogen) atoms. The summed E-state index contributed by atoms with van der Waals surface area (Å²) in [6.45, 7) is 13.3. The molecule has 0 aliphatic carbocycles. The molecule has 0 aliphatic rings. The summed E-state index contributed by atoms with van der Waals surface area (Å²) in [7, 11) is 0. The Bertz CT molecular complexity index is 72.7. The van der Waals surface area contributed by atoms with E-state index in [-0.39, 0.29) is 21.1 Å². The predicted molar refractivity (Wildman–Crippen MR) is 43.0 cm³/mol. The van der Waals surface area contributed by atoms with Gasteiger partial charge in [-0.1, -0.05) is 0 Å². The van der Waals surface area contributed by atoms with Crippen LogP contribution in [0.1, 0.15) is 41.5 Å². The zero-order valence-electron chi connectivity index (χ0n) is 7.91. The van der Waals surface area contributed by atoms with Crippen molar-refractivity contribution in [3.8, 4) is 0 Å². The molecule has 0 aromatic heterocycles. The van der Waals surface area contributed by atoms with Crippen molar-refractivity contribution < 1.29 is 21.1 Å². The third-order valence-electron chi connectivity index (χ3n) is 2.50. The topological polar surface area (TPSA) is 0 Å². The maximum atomic E-state index is 2.26. The first kappa shape index (κ1) is 13.3. The van der Waals surface area contributed by atoms with Gasteiger partial charge in [0.2, 0.25) is 0 Å². The van der Waals surface area contributed by atoms with Crippen molar-refractivity contribution >= 4 is 0 Å². The van der Waals surface area contributed by atoms with Gasteiger partial charge in [-0.3, -0.25) is 5.41 Å². The van der Waals surface area contributed by atoms with Gasteiger partial charge >= 0.3 is 21.1 Å². The van der Waals surface area contributed by atoms with Crippen LogP contribution in [0.2, 0.25) is 0 Å². The second-order valence-corrected chi connectivity index (χ2v) is 3.62. The van der Waals surface area contributed by atoms with Crippen molar-refractivity contribution in [2.24, 2.45) is 5.41 Å². The monoisotopic (exact) mass is 310 g/mol. The Morgan fingerprint density at radius 3 is 1.00 bits per heavy atom. The Labute approximate surface area is 80.0 Å². The predicted octanol–water partition coefficient (Wildman–Crippen LogP) is 3.24. The van der Waals surface area contributed by atoms with Crippen LogP contribution in [0.15, 0.2) is 0 Å². The molecule has 0 aromatic rings. The molecule has 0 amide bonds. The minimum atomic E-state index is 0. The van der Waals surface area contributed by atoms with Gasteiger partial charge in [0.25, 0.3) is 0 Å². The minimum Gasteiger partial charge on any atom is -0.343 e. The molecular formula is C9H18W. The Kier molecular flexibility index (Phi) is 6.04. The fraction of sp³-hybridized carbons (Fsp3) is 0.778. The van der Waals surface area contributed by atoms with Crippen molar-refractivity contribution in [2.45, 2.75) is 41.5 Å². The van der Waals surface area contributed by atoms with E-state index < -0.39 is 0 Å². The quantitative estimate of drug-likeness (QED) is 0.687. The summed E-state index contributed by atoms with van der Waals surface area (Å²) in [6, 6.07) is 0. The van der Waals surface area contributed by atoms with Gasteiger partial charge in [-0.2, -0.15) is 27.7 Å². The van der Waals surface area contributed by atoms with Crippen molar-refractivity contribution in [3.05, 3.63) is 11.8 Å². The molecule has 0 radical (unpaired) electrons. The first-order valence-corrected chi connectivity index (χ1v) is 3.50. The number of rotatable bonds is 2. The fourth-order valence-electron chi connectivity index (χ4n) is 0.500. The molecule has 0 unspecified atom stereocenters. The molecule has 0 fully saturated rings. The molecule has 0 bridgehead atoms. The summed E-state index contributed by atoms with van der Waals surface area (Å²) in [5.74, 6) is 2.98. The standard InChI is InChI=1S/C9H18.W/c1-7(2)9(5,6)8(3)4;/h1-6H3;/q-2;+2. The fourth-order valence-corrected chi connectivity index (χ4v) is 0.500. The first-order chi connectivity index (χ1) is 3.89. The molecule has 0 aliphatic heterocycles. The Balaban J connectivity index is 0. The maximum absolute atomic E-state index is 2.26. The number of hydrogen-bond acceptors (Lipinski definition) is 0. The van der Waals surface area contributed by atoms with Crippen LogP contribution < -0.4 is 0 Å². The van der Waals surface area contributed by atoms with E-state index in [1.807, 2.05) is 0 Å². The van der Waals surface area contributed by atoms with Crippen molar-refractivity contribution in [1.82, 2.24) is 0 Å². The van der Waals surface area contributed by atoms with E-state index in [4.69, 9.17) is 0 Å². The molecular weight excluding hydrogens is 292 g/mol. The van der Waals surface area contributed by atoms with Crippen LogP contribution in [-0.4, -0.2) is 0 Å². The summed E-state index contributed by atoms with van der Waals surface area (Å²) >= 11 is 0. The van der Waals surface area contributed by atoms with E-state index in [1.165, 1.54) is 11.8 Å². The van der Waals surface area contributed by atoms with Crippen molar-refractivity contribution in [3.63, 3.8) is 0 Å². The van der Waals surface area contributed by atoms with Gasteiger partial charge in [0.1, 0.15) is 0 Å². The van der Waals surface area contributed by atoms with Crippen LogP contribution in [0.3, 0.4) is 0 Å². The van der Waals surface area contributed by atoms with Crippen LogP contribution in [0.25, 0.3) is 0 Å². The third-order valence-corrected chi connectivity index (χ3v) is 2.50. The summed E-state index contributed by atoms with van der Waals surface area (Å²) < 4.78 is 0. The Hall–Kier alpha value is 0.688. The molecule has 0 nitrogen and oxygen atoms in total. The van der Waals surface area contributed by atoms with Crippen LogP contribution >= 0.6 is 0 Å². The molecule has 0 rings (SSSR count). The third kappa shape index (κ3) is 3.19. The van der Waals surface area contributed by atoms with Crippen molar-refractivity contribution in [1.29, 1.82) is 0 Å². The van der Waals surface area contributed by atoms with Gasteiger partial charge in [0, 0.05) is 0 Å². The molecule has 0 N–H and O–H groups in total. The Morgan fingerprint density at radius 1 is 0.800 bits per heavy atom. The largest absolute Gasteiger partial charge is 2.00 e. The molecule has 0 saturated heterocycles. The van der Waals surface area contributed by atoms with Crippen LogP contribution in [0.4, 0.5) is 0 Å². The summed E-state index contributed by atoms with van der Waals surface area (Å²) in [4.78, 5) is 0. The maximum Gasteiger partial charge on any atom is 2.00 e. The molecule has 0 spiro atoms. The van der Waals surface area contributed by atoms with Gasteiger partial charge in [-0.15, -0.1) is 13.8 Å². The van der Waals surface area contributed by atoms with Gasteiger partial charge in [0.05, 0.1) is 0 Å². The average Bonchev–Trinajstić information content (AvgIpc) is 1.65. The van der Waals surface area contributed by atoms with E-state index >= 15 is 0 Å². The summed E-state index contributed by atoms with van der Waals surface area (Å²) in [5, 5.41) is 0. The van der Waals surface area contributed by atoms with Gasteiger partial charge in [0.15, 0.2) is 0 Å². The van der Waals surface area contributed by atoms with E-state index in [9.17, 15) is 0 Å². The molecule has 0 atom stereocenters. The first-order valence-electron chi connectivity index (χ1n) is 3.50. The van der Waals surface area contributed by atoms with Crippen LogP contribution in [-0.2, 0) is 21.1 Å². The van der Waals surface area contributed by atoms with Gasteiger partial charge < -0.3 is 11.8 Å².